The Hall–Kier alpha value is -1.76. The molecule has 19 heavy (non-hydrogen) atoms. The molecule has 2 aliphatic rings. The average Bonchev–Trinajstić information content (AvgIpc) is 3.06. The molecule has 0 amide bonds. The van der Waals surface area contributed by atoms with Crippen molar-refractivity contribution in [2.75, 3.05) is 19.7 Å². The van der Waals surface area contributed by atoms with Gasteiger partial charge in [-0.3, -0.25) is 0 Å². The molecule has 0 bridgehead atoms. The molecule has 1 saturated heterocycles. The number of esters is 1. The van der Waals surface area contributed by atoms with Gasteiger partial charge in [0.15, 0.2) is 0 Å². The Kier molecular flexibility index (Phi) is 4.62. The molecule has 1 aliphatic heterocycles. The Morgan fingerprint density at radius 1 is 1.58 bits per heavy atom. The zero-order chi connectivity index (χ0) is 13.7. The molecule has 1 fully saturated rings. The summed E-state index contributed by atoms with van der Waals surface area (Å²) in [7, 11) is 0. The van der Waals surface area contributed by atoms with Crippen LogP contribution in [0.5, 0.6) is 0 Å². The van der Waals surface area contributed by atoms with Crippen LogP contribution in [0.25, 0.3) is 0 Å². The molecule has 1 unspecified atom stereocenters. The summed E-state index contributed by atoms with van der Waals surface area (Å²) in [5.41, 5.74) is 1.42. The molecule has 1 aliphatic carbocycles. The molecule has 0 spiro atoms. The fourth-order valence-electron chi connectivity index (χ4n) is 2.78. The predicted octanol–water partition coefficient (Wildman–Crippen LogP) is 2.39. The summed E-state index contributed by atoms with van der Waals surface area (Å²) in [6, 6.07) is 1.97. The monoisotopic (exact) mass is 260 g/mol. The van der Waals surface area contributed by atoms with Crippen LogP contribution in [0, 0.1) is 17.2 Å². The fraction of sp³-hybridized carbons (Fsp3) is 0.600. The van der Waals surface area contributed by atoms with Gasteiger partial charge in [0, 0.05) is 24.7 Å². The van der Waals surface area contributed by atoms with E-state index in [1.807, 2.05) is 6.07 Å². The van der Waals surface area contributed by atoms with Crippen LogP contribution in [0.1, 0.15) is 32.6 Å². The summed E-state index contributed by atoms with van der Waals surface area (Å²) in [4.78, 5) is 14.0. The summed E-state index contributed by atoms with van der Waals surface area (Å²) in [5, 5.41) is 9.08. The van der Waals surface area contributed by atoms with E-state index in [1.54, 1.807) is 13.0 Å². The molecule has 2 rings (SSSR count). The number of ether oxygens (including phenoxy) is 1. The Balaban J connectivity index is 2.10. The first-order chi connectivity index (χ1) is 9.26. The molecule has 0 N–H and O–H groups in total. The highest BCUT2D eigenvalue weighted by molar-refractivity contribution is 5.92. The lowest BCUT2D eigenvalue weighted by molar-refractivity contribution is -0.138. The second-order valence-corrected chi connectivity index (χ2v) is 4.92. The van der Waals surface area contributed by atoms with Crippen molar-refractivity contribution in [3.05, 3.63) is 23.4 Å². The van der Waals surface area contributed by atoms with Crippen LogP contribution in [-0.4, -0.2) is 30.6 Å². The molecule has 4 nitrogen and oxygen atoms in total. The first kappa shape index (κ1) is 13.7. The first-order valence-electron chi connectivity index (χ1n) is 7.00. The number of rotatable bonds is 4. The molecular weight excluding hydrogens is 240 g/mol. The van der Waals surface area contributed by atoms with Crippen LogP contribution in [0.2, 0.25) is 0 Å². The van der Waals surface area contributed by atoms with Crippen molar-refractivity contribution >= 4 is 5.97 Å². The lowest BCUT2D eigenvalue weighted by Crippen LogP contribution is -2.22. The Labute approximate surface area is 114 Å². The van der Waals surface area contributed by atoms with E-state index in [4.69, 9.17) is 10.00 Å². The van der Waals surface area contributed by atoms with E-state index in [9.17, 15) is 4.79 Å². The molecule has 0 aromatic carbocycles. The number of nitrogens with zero attached hydrogens (tertiary/aromatic N) is 2. The van der Waals surface area contributed by atoms with Crippen LogP contribution < -0.4 is 0 Å². The van der Waals surface area contributed by atoms with Gasteiger partial charge in [0.25, 0.3) is 0 Å². The molecule has 1 heterocycles. The molecule has 0 aromatic rings. The molecule has 1 atom stereocenters. The second-order valence-electron chi connectivity index (χ2n) is 4.92. The summed E-state index contributed by atoms with van der Waals surface area (Å²) < 4.78 is 4.90. The van der Waals surface area contributed by atoms with Gasteiger partial charge in [-0.25, -0.2) is 4.79 Å². The van der Waals surface area contributed by atoms with E-state index in [2.05, 4.69) is 11.0 Å². The van der Waals surface area contributed by atoms with Crippen LogP contribution in [0.3, 0.4) is 0 Å². The van der Waals surface area contributed by atoms with Gasteiger partial charge < -0.3 is 9.64 Å². The summed E-state index contributed by atoms with van der Waals surface area (Å²) in [5.74, 6) is -0.310. The van der Waals surface area contributed by atoms with Crippen LogP contribution in [0.4, 0.5) is 0 Å². The SMILES string of the molecule is CCOC(=O)C(C#N)=CC1CCC=C1N1CCCC1. The quantitative estimate of drug-likeness (QED) is 0.442. The third-order valence-corrected chi connectivity index (χ3v) is 3.67. The van der Waals surface area contributed by atoms with E-state index >= 15 is 0 Å². The highest BCUT2D eigenvalue weighted by atomic mass is 16.5. The van der Waals surface area contributed by atoms with Gasteiger partial charge in [-0.15, -0.1) is 0 Å². The minimum absolute atomic E-state index is 0.138. The van der Waals surface area contributed by atoms with E-state index < -0.39 is 5.97 Å². The van der Waals surface area contributed by atoms with Gasteiger partial charge in [0.1, 0.15) is 11.6 Å². The Morgan fingerprint density at radius 3 is 2.95 bits per heavy atom. The Morgan fingerprint density at radius 2 is 2.32 bits per heavy atom. The summed E-state index contributed by atoms with van der Waals surface area (Å²) in [6.45, 7) is 4.24. The molecule has 4 heteroatoms. The average molecular weight is 260 g/mol. The van der Waals surface area contributed by atoms with Crippen molar-refractivity contribution in [2.24, 2.45) is 5.92 Å². The number of hydrogen-bond acceptors (Lipinski definition) is 4. The number of carbonyl (C=O) groups excluding carboxylic acids is 1. The zero-order valence-corrected chi connectivity index (χ0v) is 11.4. The fourth-order valence-corrected chi connectivity index (χ4v) is 2.78. The Bertz CT molecular complexity index is 440. The summed E-state index contributed by atoms with van der Waals surface area (Å²) >= 11 is 0. The predicted molar refractivity (Wildman–Crippen MR) is 71.9 cm³/mol. The van der Waals surface area contributed by atoms with Gasteiger partial charge in [0.05, 0.1) is 6.61 Å². The van der Waals surface area contributed by atoms with Crippen molar-refractivity contribution < 1.29 is 9.53 Å². The lowest BCUT2D eigenvalue weighted by atomic mass is 10.0. The number of nitriles is 1. The third-order valence-electron chi connectivity index (χ3n) is 3.67. The van der Waals surface area contributed by atoms with Gasteiger partial charge in [-0.2, -0.15) is 5.26 Å². The first-order valence-corrected chi connectivity index (χ1v) is 7.00. The maximum atomic E-state index is 11.6. The second kappa shape index (κ2) is 6.42. The van der Waals surface area contributed by atoms with Gasteiger partial charge >= 0.3 is 5.97 Å². The number of carbonyl (C=O) groups is 1. The largest absolute Gasteiger partial charge is 0.462 e. The maximum absolute atomic E-state index is 11.6. The number of hydrogen-bond donors (Lipinski definition) is 0. The van der Waals surface area contributed by atoms with Gasteiger partial charge in [-0.05, 0) is 32.6 Å². The lowest BCUT2D eigenvalue weighted by Gasteiger charge is -2.23. The molecule has 0 radical (unpaired) electrons. The molecular formula is C15H20N2O2. The topological polar surface area (TPSA) is 53.3 Å². The highest BCUT2D eigenvalue weighted by Crippen LogP contribution is 2.32. The van der Waals surface area contributed by atoms with E-state index in [-0.39, 0.29) is 11.5 Å². The summed E-state index contributed by atoms with van der Waals surface area (Å²) in [6.07, 6.45) is 8.50. The van der Waals surface area contributed by atoms with Crippen molar-refractivity contribution in [1.82, 2.24) is 4.90 Å². The third kappa shape index (κ3) is 3.17. The molecule has 0 aromatic heterocycles. The normalized spacial score (nSPS) is 23.2. The van der Waals surface area contributed by atoms with Crippen molar-refractivity contribution in [3.8, 4) is 6.07 Å². The van der Waals surface area contributed by atoms with Gasteiger partial charge in [-0.1, -0.05) is 12.2 Å². The number of allylic oxidation sites excluding steroid dienone is 2. The minimum Gasteiger partial charge on any atom is -0.462 e. The standard InChI is InChI=1S/C15H20N2O2/c1-2-19-15(18)13(11-16)10-12-6-5-7-14(12)17-8-3-4-9-17/h7,10,12H,2-6,8-9H2,1H3. The van der Waals surface area contributed by atoms with Crippen molar-refractivity contribution in [3.63, 3.8) is 0 Å². The van der Waals surface area contributed by atoms with Crippen LogP contribution in [-0.2, 0) is 9.53 Å². The van der Waals surface area contributed by atoms with Crippen molar-refractivity contribution in [2.45, 2.75) is 32.6 Å². The van der Waals surface area contributed by atoms with Crippen molar-refractivity contribution in [1.29, 1.82) is 5.26 Å². The molecule has 0 saturated carbocycles. The van der Waals surface area contributed by atoms with Gasteiger partial charge in [0.2, 0.25) is 0 Å². The van der Waals surface area contributed by atoms with Crippen LogP contribution in [0.15, 0.2) is 23.4 Å². The highest BCUT2D eigenvalue weighted by Gasteiger charge is 2.26. The van der Waals surface area contributed by atoms with E-state index in [0.29, 0.717) is 6.61 Å². The minimum atomic E-state index is -0.502. The maximum Gasteiger partial charge on any atom is 0.348 e. The number of likely N-dealkylation sites (tertiary alicyclic amines) is 1. The smallest absolute Gasteiger partial charge is 0.348 e. The van der Waals surface area contributed by atoms with E-state index in [1.165, 1.54) is 18.5 Å². The van der Waals surface area contributed by atoms with E-state index in [0.717, 1.165) is 25.9 Å². The molecule has 102 valence electrons. The van der Waals surface area contributed by atoms with Crippen LogP contribution >= 0.6 is 0 Å². The zero-order valence-electron chi connectivity index (χ0n) is 11.4.